The summed E-state index contributed by atoms with van der Waals surface area (Å²) in [6, 6.07) is 5.59. The molecule has 0 spiro atoms. The van der Waals surface area contributed by atoms with Crippen LogP contribution in [0.25, 0.3) is 4.96 Å². The Morgan fingerprint density at radius 3 is 2.77 bits per heavy atom. The molecule has 0 aliphatic heterocycles. The zero-order valence-corrected chi connectivity index (χ0v) is 13.5. The largest absolute Gasteiger partial charge is 0.281 e. The quantitative estimate of drug-likeness (QED) is 0.792. The van der Waals surface area contributed by atoms with Gasteiger partial charge >= 0.3 is 0 Å². The third kappa shape index (κ3) is 2.46. The second kappa shape index (κ2) is 5.33. The van der Waals surface area contributed by atoms with E-state index in [0.717, 1.165) is 5.01 Å². The van der Waals surface area contributed by atoms with Crippen LogP contribution in [0, 0.1) is 12.7 Å². The molecule has 22 heavy (non-hydrogen) atoms. The maximum Gasteiger partial charge on any atom is 0.281 e. The molecule has 0 unspecified atom stereocenters. The topological polar surface area (TPSA) is 76.4 Å². The van der Waals surface area contributed by atoms with E-state index in [2.05, 4.69) is 14.8 Å². The van der Waals surface area contributed by atoms with Crippen LogP contribution in [-0.2, 0) is 16.4 Å². The highest BCUT2D eigenvalue weighted by atomic mass is 32.2. The predicted molar refractivity (Wildman–Crippen MR) is 82.2 cm³/mol. The summed E-state index contributed by atoms with van der Waals surface area (Å²) < 4.78 is 42.4. The number of hydrogen-bond donors (Lipinski definition) is 1. The van der Waals surface area contributed by atoms with E-state index >= 15 is 0 Å². The van der Waals surface area contributed by atoms with Crippen molar-refractivity contribution in [1.82, 2.24) is 14.6 Å². The van der Waals surface area contributed by atoms with Gasteiger partial charge in [0.25, 0.3) is 10.0 Å². The molecule has 0 amide bonds. The summed E-state index contributed by atoms with van der Waals surface area (Å²) in [5.74, 6) is -0.642. The molecule has 6 nitrogen and oxygen atoms in total. The molecular weight excluding hydrogens is 327 g/mol. The smallest absolute Gasteiger partial charge is 0.275 e. The van der Waals surface area contributed by atoms with Crippen molar-refractivity contribution in [2.24, 2.45) is 0 Å². The van der Waals surface area contributed by atoms with Gasteiger partial charge in [0.1, 0.15) is 10.8 Å². The highest BCUT2D eigenvalue weighted by molar-refractivity contribution is 7.92. The lowest BCUT2D eigenvalue weighted by Gasteiger charge is -2.08. The van der Waals surface area contributed by atoms with Crippen LogP contribution in [0.15, 0.2) is 29.3 Å². The third-order valence-electron chi connectivity index (χ3n) is 3.04. The standard InChI is InChI=1S/C13H13FN4O2S2/c1-3-11-16-18-12(8(2)15-13(18)21-11)22(19,20)17-10-7-5-4-6-9(10)14/h4-7,17H,3H2,1-2H3. The molecule has 0 aliphatic carbocycles. The van der Waals surface area contributed by atoms with Gasteiger partial charge in [0.15, 0.2) is 0 Å². The number of hydrogen-bond acceptors (Lipinski definition) is 5. The Kier molecular flexibility index (Phi) is 3.61. The highest BCUT2D eigenvalue weighted by Crippen LogP contribution is 2.25. The first-order chi connectivity index (χ1) is 10.4. The molecule has 0 saturated carbocycles. The number of sulfonamides is 1. The molecule has 0 aliphatic rings. The maximum absolute atomic E-state index is 13.7. The van der Waals surface area contributed by atoms with Gasteiger partial charge in [-0.3, -0.25) is 4.72 Å². The van der Waals surface area contributed by atoms with E-state index in [9.17, 15) is 12.8 Å². The van der Waals surface area contributed by atoms with Crippen LogP contribution < -0.4 is 4.72 Å². The van der Waals surface area contributed by atoms with Gasteiger partial charge in [-0.2, -0.15) is 18.0 Å². The van der Waals surface area contributed by atoms with Gasteiger partial charge in [0, 0.05) is 0 Å². The number of fused-ring (bicyclic) bond motifs is 1. The molecule has 0 atom stereocenters. The Hall–Kier alpha value is -2.00. The maximum atomic E-state index is 13.7. The minimum Gasteiger partial charge on any atom is -0.275 e. The minimum absolute atomic E-state index is 0.0679. The van der Waals surface area contributed by atoms with Crippen molar-refractivity contribution >= 4 is 32.0 Å². The van der Waals surface area contributed by atoms with Crippen molar-refractivity contribution in [3.8, 4) is 0 Å². The van der Waals surface area contributed by atoms with Gasteiger partial charge < -0.3 is 0 Å². The van der Waals surface area contributed by atoms with Crippen LogP contribution in [0.5, 0.6) is 0 Å². The Bertz CT molecular complexity index is 946. The lowest BCUT2D eigenvalue weighted by Crippen LogP contribution is -2.17. The molecule has 116 valence electrons. The fraction of sp³-hybridized carbons (Fsp3) is 0.231. The summed E-state index contributed by atoms with van der Waals surface area (Å²) in [5, 5.41) is 4.96. The van der Waals surface area contributed by atoms with Crippen molar-refractivity contribution < 1.29 is 12.8 Å². The highest BCUT2D eigenvalue weighted by Gasteiger charge is 2.26. The average molecular weight is 340 g/mol. The van der Waals surface area contributed by atoms with Gasteiger partial charge in [-0.05, 0) is 25.5 Å². The molecule has 3 rings (SSSR count). The molecular formula is C13H13FN4O2S2. The van der Waals surface area contributed by atoms with Crippen LogP contribution in [0.4, 0.5) is 10.1 Å². The number of rotatable bonds is 4. The first-order valence-electron chi connectivity index (χ1n) is 6.54. The van der Waals surface area contributed by atoms with E-state index < -0.39 is 15.8 Å². The van der Waals surface area contributed by atoms with E-state index in [0.29, 0.717) is 17.1 Å². The van der Waals surface area contributed by atoms with Gasteiger partial charge in [-0.15, -0.1) is 0 Å². The van der Waals surface area contributed by atoms with Gasteiger partial charge in [0.2, 0.25) is 9.99 Å². The predicted octanol–water partition coefficient (Wildman–Crippen LogP) is 2.60. The first kappa shape index (κ1) is 14.9. The Labute approximate surface area is 130 Å². The molecule has 3 aromatic rings. The average Bonchev–Trinajstić information content (AvgIpc) is 2.96. The second-order valence-corrected chi connectivity index (χ2v) is 7.27. The summed E-state index contributed by atoms with van der Waals surface area (Å²) in [7, 11) is -3.99. The van der Waals surface area contributed by atoms with Crippen molar-refractivity contribution in [3.05, 3.63) is 40.8 Å². The Morgan fingerprint density at radius 2 is 2.09 bits per heavy atom. The van der Waals surface area contributed by atoms with Gasteiger partial charge in [0.05, 0.1) is 11.4 Å². The molecule has 1 aromatic carbocycles. The van der Waals surface area contributed by atoms with E-state index in [1.54, 1.807) is 13.0 Å². The first-order valence-corrected chi connectivity index (χ1v) is 8.84. The van der Waals surface area contributed by atoms with Crippen LogP contribution >= 0.6 is 11.3 Å². The number of anilines is 1. The molecule has 2 aromatic heterocycles. The second-order valence-electron chi connectivity index (χ2n) is 4.63. The normalized spacial score (nSPS) is 12.0. The summed E-state index contributed by atoms with van der Waals surface area (Å²) in [5.41, 5.74) is 0.216. The SMILES string of the molecule is CCc1nn2c(S(=O)(=O)Nc3ccccc3F)c(C)nc2s1. The van der Waals surface area contributed by atoms with Crippen molar-refractivity contribution in [1.29, 1.82) is 0 Å². The molecule has 0 saturated heterocycles. The Morgan fingerprint density at radius 1 is 1.36 bits per heavy atom. The fourth-order valence-corrected chi connectivity index (χ4v) is 4.34. The zero-order valence-electron chi connectivity index (χ0n) is 11.9. The van der Waals surface area contributed by atoms with Crippen LogP contribution in [0.2, 0.25) is 0 Å². The third-order valence-corrected chi connectivity index (χ3v) is 5.56. The van der Waals surface area contributed by atoms with Crippen molar-refractivity contribution in [3.63, 3.8) is 0 Å². The molecule has 1 N–H and O–H groups in total. The number of aryl methyl sites for hydroxylation is 2. The molecule has 9 heteroatoms. The number of aromatic nitrogens is 3. The lowest BCUT2D eigenvalue weighted by molar-refractivity contribution is 0.590. The summed E-state index contributed by atoms with van der Waals surface area (Å²) in [4.78, 5) is 4.72. The number of nitrogens with one attached hydrogen (secondary N) is 1. The monoisotopic (exact) mass is 340 g/mol. The van der Waals surface area contributed by atoms with Crippen molar-refractivity contribution in [2.45, 2.75) is 25.3 Å². The summed E-state index contributed by atoms with van der Waals surface area (Å²) >= 11 is 1.33. The van der Waals surface area contributed by atoms with E-state index in [4.69, 9.17) is 0 Å². The number of halogens is 1. The lowest BCUT2D eigenvalue weighted by atomic mass is 10.3. The van der Waals surface area contributed by atoms with Crippen molar-refractivity contribution in [2.75, 3.05) is 4.72 Å². The molecule has 0 bridgehead atoms. The number of benzene rings is 1. The van der Waals surface area contributed by atoms with E-state index in [-0.39, 0.29) is 10.7 Å². The van der Waals surface area contributed by atoms with E-state index in [1.165, 1.54) is 34.1 Å². The van der Waals surface area contributed by atoms with Crippen LogP contribution in [0.1, 0.15) is 17.6 Å². The Balaban J connectivity index is 2.11. The molecule has 2 heterocycles. The summed E-state index contributed by atoms with van der Waals surface area (Å²) in [6.07, 6.45) is 0.688. The van der Waals surface area contributed by atoms with Crippen LogP contribution in [0.3, 0.4) is 0 Å². The number of para-hydroxylation sites is 1. The number of imidazole rings is 1. The number of nitrogens with zero attached hydrogens (tertiary/aromatic N) is 3. The zero-order chi connectivity index (χ0) is 15.9. The minimum atomic E-state index is -3.99. The van der Waals surface area contributed by atoms with Gasteiger partial charge in [-0.1, -0.05) is 30.4 Å². The van der Waals surface area contributed by atoms with Gasteiger partial charge in [-0.25, -0.2) is 9.37 Å². The van der Waals surface area contributed by atoms with E-state index in [1.807, 2.05) is 6.92 Å². The fourth-order valence-electron chi connectivity index (χ4n) is 2.06. The molecule has 0 radical (unpaired) electrons. The summed E-state index contributed by atoms with van der Waals surface area (Å²) in [6.45, 7) is 3.51. The van der Waals surface area contributed by atoms with Crippen LogP contribution in [-0.4, -0.2) is 23.0 Å². The molecule has 0 fully saturated rings.